The second kappa shape index (κ2) is 13.4. The van der Waals surface area contributed by atoms with Gasteiger partial charge in [-0.05, 0) is 41.0 Å². The molecule has 0 saturated heterocycles. The van der Waals surface area contributed by atoms with E-state index in [2.05, 4.69) is 10.6 Å². The molecule has 0 radical (unpaired) electrons. The summed E-state index contributed by atoms with van der Waals surface area (Å²) >= 11 is 5.94. The molecule has 2 amide bonds. The number of aliphatic carboxylic acids is 1. The summed E-state index contributed by atoms with van der Waals surface area (Å²) in [5, 5.41) is 15.8. The lowest BCUT2D eigenvalue weighted by Crippen LogP contribution is -2.38. The van der Waals surface area contributed by atoms with Gasteiger partial charge in [0.2, 0.25) is 5.91 Å². The number of halogens is 1. The number of carboxylic acids is 1. The lowest BCUT2D eigenvalue weighted by atomic mass is 9.94. The first-order valence-electron chi connectivity index (χ1n) is 12.6. The molecule has 4 aromatic rings. The van der Waals surface area contributed by atoms with Crippen molar-refractivity contribution in [2.45, 2.75) is 18.9 Å². The first kappa shape index (κ1) is 28.3. The van der Waals surface area contributed by atoms with Crippen molar-refractivity contribution in [2.24, 2.45) is 5.92 Å². The summed E-state index contributed by atoms with van der Waals surface area (Å²) in [6, 6.07) is 30.4. The zero-order valence-corrected chi connectivity index (χ0v) is 22.2. The van der Waals surface area contributed by atoms with Gasteiger partial charge in [0, 0.05) is 29.1 Å². The number of carbonyl (C=O) groups excluding carboxylic acids is 3. The predicted octanol–water partition coefficient (Wildman–Crippen LogP) is 6.17. The Balaban J connectivity index is 1.42. The van der Waals surface area contributed by atoms with Crippen molar-refractivity contribution < 1.29 is 24.3 Å². The van der Waals surface area contributed by atoms with Crippen LogP contribution in [0.15, 0.2) is 109 Å². The summed E-state index contributed by atoms with van der Waals surface area (Å²) in [5.41, 5.74) is 3.23. The highest BCUT2D eigenvalue weighted by atomic mass is 35.5. The monoisotopic (exact) mass is 554 g/mol. The molecule has 3 N–H and O–H groups in total. The van der Waals surface area contributed by atoms with Crippen molar-refractivity contribution in [3.8, 4) is 11.1 Å². The maximum atomic E-state index is 13.1. The fraction of sp³-hybridized carbons (Fsp3) is 0.125. The second-order valence-corrected chi connectivity index (χ2v) is 9.65. The lowest BCUT2D eigenvalue weighted by molar-refractivity contribution is -0.144. The molecule has 0 aliphatic heterocycles. The third kappa shape index (κ3) is 7.65. The van der Waals surface area contributed by atoms with Gasteiger partial charge in [0.25, 0.3) is 5.91 Å². The Bertz CT molecular complexity index is 1470. The maximum Gasteiger partial charge on any atom is 0.307 e. The molecule has 0 aliphatic rings. The number of nitrogens with one attached hydrogen (secondary N) is 2. The highest BCUT2D eigenvalue weighted by molar-refractivity contribution is 6.30. The molecule has 2 atom stereocenters. The quantitative estimate of drug-likeness (QED) is 0.192. The van der Waals surface area contributed by atoms with Crippen LogP contribution in [0.4, 0.5) is 5.69 Å². The molecule has 0 spiro atoms. The van der Waals surface area contributed by atoms with Crippen LogP contribution in [0, 0.1) is 5.92 Å². The van der Waals surface area contributed by atoms with E-state index in [0.29, 0.717) is 21.8 Å². The standard InChI is InChI=1S/C32H27ClN2O5/c33-26-17-15-22(16-18-26)21-11-13-23(14-12-21)28(36)19-25(32(39)40)20-29(37)35-30(24-7-3-1-4-8-24)31(38)34-27-9-5-2-6-10-27/h1-18,25,30H,19-20H2,(H,34,38)(H,35,37)(H,39,40)/t25?,30-/m0/s1. The van der Waals surface area contributed by atoms with Gasteiger partial charge in [-0.3, -0.25) is 19.2 Å². The summed E-state index contributed by atoms with van der Waals surface area (Å²) in [4.78, 5) is 50.9. The van der Waals surface area contributed by atoms with E-state index in [1.54, 1.807) is 91.0 Å². The molecule has 1 unspecified atom stereocenters. The Kier molecular flexibility index (Phi) is 9.44. The first-order chi connectivity index (χ1) is 19.3. The Morgan fingerprint density at radius 2 is 1.25 bits per heavy atom. The van der Waals surface area contributed by atoms with E-state index >= 15 is 0 Å². The minimum absolute atomic E-state index is 0.341. The number of ketones is 1. The smallest absolute Gasteiger partial charge is 0.307 e. The number of Topliss-reactive ketones (excluding diaryl/α,β-unsaturated/α-hetero) is 1. The van der Waals surface area contributed by atoms with Crippen molar-refractivity contribution in [2.75, 3.05) is 5.32 Å². The van der Waals surface area contributed by atoms with E-state index < -0.39 is 41.9 Å². The zero-order valence-electron chi connectivity index (χ0n) is 21.4. The average Bonchev–Trinajstić information content (AvgIpc) is 2.97. The molecule has 8 heteroatoms. The number of rotatable bonds is 11. The van der Waals surface area contributed by atoms with Crippen LogP contribution in [0.2, 0.25) is 5.02 Å². The Morgan fingerprint density at radius 1 is 0.700 bits per heavy atom. The van der Waals surface area contributed by atoms with E-state index in [9.17, 15) is 24.3 Å². The molecule has 0 fully saturated rings. The molecule has 4 aromatic carbocycles. The molecule has 0 aromatic heterocycles. The van der Waals surface area contributed by atoms with Crippen molar-refractivity contribution in [3.05, 3.63) is 125 Å². The van der Waals surface area contributed by atoms with Gasteiger partial charge < -0.3 is 15.7 Å². The molecular weight excluding hydrogens is 528 g/mol. The molecule has 0 heterocycles. The third-order valence-corrected chi connectivity index (χ3v) is 6.59. The molecule has 0 aliphatic carbocycles. The van der Waals surface area contributed by atoms with Crippen LogP contribution in [-0.4, -0.2) is 28.7 Å². The van der Waals surface area contributed by atoms with Gasteiger partial charge in [-0.25, -0.2) is 0 Å². The number of para-hydroxylation sites is 1. The van der Waals surface area contributed by atoms with Crippen LogP contribution >= 0.6 is 11.6 Å². The largest absolute Gasteiger partial charge is 0.481 e. The molecule has 0 saturated carbocycles. The normalized spacial score (nSPS) is 12.1. The van der Waals surface area contributed by atoms with Gasteiger partial charge >= 0.3 is 5.97 Å². The number of carboxylic acid groups (broad SMARTS) is 1. The molecule has 202 valence electrons. The number of carbonyl (C=O) groups is 4. The fourth-order valence-corrected chi connectivity index (χ4v) is 4.33. The predicted molar refractivity (Wildman–Crippen MR) is 154 cm³/mol. The van der Waals surface area contributed by atoms with Crippen LogP contribution in [0.3, 0.4) is 0 Å². The number of hydrogen-bond donors (Lipinski definition) is 3. The van der Waals surface area contributed by atoms with E-state index in [0.717, 1.165) is 11.1 Å². The maximum absolute atomic E-state index is 13.1. The van der Waals surface area contributed by atoms with E-state index in [1.165, 1.54) is 0 Å². The number of amides is 2. The lowest BCUT2D eigenvalue weighted by Gasteiger charge is -2.20. The number of benzene rings is 4. The van der Waals surface area contributed by atoms with Crippen LogP contribution in [-0.2, 0) is 14.4 Å². The topological polar surface area (TPSA) is 113 Å². The average molecular weight is 555 g/mol. The summed E-state index contributed by atoms with van der Waals surface area (Å²) in [5.74, 6) is -4.07. The van der Waals surface area contributed by atoms with Crippen molar-refractivity contribution >= 4 is 40.9 Å². The molecule has 0 bridgehead atoms. The minimum Gasteiger partial charge on any atom is -0.481 e. The van der Waals surface area contributed by atoms with Crippen LogP contribution in [0.25, 0.3) is 11.1 Å². The van der Waals surface area contributed by atoms with Gasteiger partial charge in [0.05, 0.1) is 5.92 Å². The summed E-state index contributed by atoms with van der Waals surface area (Å²) < 4.78 is 0. The van der Waals surface area contributed by atoms with E-state index in [-0.39, 0.29) is 6.42 Å². The van der Waals surface area contributed by atoms with Crippen molar-refractivity contribution in [1.82, 2.24) is 5.32 Å². The number of hydrogen-bond acceptors (Lipinski definition) is 4. The van der Waals surface area contributed by atoms with E-state index in [4.69, 9.17) is 11.6 Å². The Hall–Kier alpha value is -4.75. The van der Waals surface area contributed by atoms with Crippen LogP contribution in [0.5, 0.6) is 0 Å². The molecular formula is C32H27ClN2O5. The molecule has 4 rings (SSSR count). The second-order valence-electron chi connectivity index (χ2n) is 9.22. The first-order valence-corrected chi connectivity index (χ1v) is 13.0. The summed E-state index contributed by atoms with van der Waals surface area (Å²) in [6.07, 6.45) is -0.832. The van der Waals surface area contributed by atoms with Crippen LogP contribution in [0.1, 0.15) is 34.8 Å². The van der Waals surface area contributed by atoms with Crippen molar-refractivity contribution in [3.63, 3.8) is 0 Å². The summed E-state index contributed by atoms with van der Waals surface area (Å²) in [6.45, 7) is 0. The van der Waals surface area contributed by atoms with Gasteiger partial charge in [0.1, 0.15) is 6.04 Å². The molecule has 40 heavy (non-hydrogen) atoms. The Morgan fingerprint density at radius 3 is 1.82 bits per heavy atom. The third-order valence-electron chi connectivity index (χ3n) is 6.34. The highest BCUT2D eigenvalue weighted by Gasteiger charge is 2.28. The fourth-order valence-electron chi connectivity index (χ4n) is 4.20. The van der Waals surface area contributed by atoms with Gasteiger partial charge in [-0.1, -0.05) is 96.5 Å². The summed E-state index contributed by atoms with van der Waals surface area (Å²) in [7, 11) is 0. The van der Waals surface area contributed by atoms with Crippen molar-refractivity contribution in [1.29, 1.82) is 0 Å². The highest BCUT2D eigenvalue weighted by Crippen LogP contribution is 2.24. The van der Waals surface area contributed by atoms with Gasteiger partial charge in [0.15, 0.2) is 5.78 Å². The SMILES string of the molecule is O=C(CC(CC(=O)c1ccc(-c2ccc(Cl)cc2)cc1)C(=O)O)N[C@H](C(=O)Nc1ccccc1)c1ccccc1. The van der Waals surface area contributed by atoms with E-state index in [1.807, 2.05) is 18.2 Å². The van der Waals surface area contributed by atoms with Gasteiger partial charge in [-0.15, -0.1) is 0 Å². The zero-order chi connectivity index (χ0) is 28.5. The Labute approximate surface area is 236 Å². The number of anilines is 1. The molecule has 7 nitrogen and oxygen atoms in total. The van der Waals surface area contributed by atoms with Gasteiger partial charge in [-0.2, -0.15) is 0 Å². The van der Waals surface area contributed by atoms with Crippen LogP contribution < -0.4 is 10.6 Å². The minimum atomic E-state index is -1.27.